The highest BCUT2D eigenvalue weighted by Gasteiger charge is 2.27. The summed E-state index contributed by atoms with van der Waals surface area (Å²) in [6, 6.07) is 0. The lowest BCUT2D eigenvalue weighted by Crippen LogP contribution is -2.04. The van der Waals surface area contributed by atoms with E-state index in [2.05, 4.69) is 0 Å². The summed E-state index contributed by atoms with van der Waals surface area (Å²) in [6.45, 7) is 1.99. The molecular formula is C9H11NO. The van der Waals surface area contributed by atoms with E-state index in [1.807, 2.05) is 30.9 Å². The molecule has 0 aromatic carbocycles. The van der Waals surface area contributed by atoms with Gasteiger partial charge in [-0.1, -0.05) is 6.92 Å². The molecule has 0 N–H and O–H groups in total. The number of fused-ring (bicyclic) bond motifs is 1. The van der Waals surface area contributed by atoms with Crippen LogP contribution in [0.4, 0.5) is 0 Å². The first-order valence-electron chi connectivity index (χ1n) is 3.87. The fraction of sp³-hybridized carbons (Fsp3) is 0.444. The van der Waals surface area contributed by atoms with Crippen LogP contribution in [0.5, 0.6) is 0 Å². The van der Waals surface area contributed by atoms with Crippen molar-refractivity contribution < 1.29 is 4.79 Å². The van der Waals surface area contributed by atoms with Crippen LogP contribution in [0, 0.1) is 5.92 Å². The Balaban J connectivity index is 2.52. The average Bonchev–Trinajstić information content (AvgIpc) is 2.37. The highest BCUT2D eigenvalue weighted by molar-refractivity contribution is 6.01. The molecule has 0 amide bonds. The van der Waals surface area contributed by atoms with Crippen LogP contribution in [0.15, 0.2) is 12.4 Å². The molecule has 1 aliphatic carbocycles. The van der Waals surface area contributed by atoms with E-state index in [1.165, 1.54) is 5.56 Å². The van der Waals surface area contributed by atoms with E-state index in [0.29, 0.717) is 5.78 Å². The van der Waals surface area contributed by atoms with Gasteiger partial charge in [-0.25, -0.2) is 0 Å². The summed E-state index contributed by atoms with van der Waals surface area (Å²) in [5.74, 6) is 0.516. The zero-order valence-corrected chi connectivity index (χ0v) is 6.79. The minimum Gasteiger partial charge on any atom is -0.356 e. The molecule has 1 aromatic heterocycles. The maximum absolute atomic E-state index is 11.4. The van der Waals surface area contributed by atoms with Gasteiger partial charge < -0.3 is 4.57 Å². The van der Waals surface area contributed by atoms with E-state index in [9.17, 15) is 4.79 Å². The van der Waals surface area contributed by atoms with E-state index in [-0.39, 0.29) is 5.92 Å². The van der Waals surface area contributed by atoms with Crippen LogP contribution in [0.2, 0.25) is 0 Å². The summed E-state index contributed by atoms with van der Waals surface area (Å²) in [5.41, 5.74) is 2.14. The van der Waals surface area contributed by atoms with Gasteiger partial charge in [-0.15, -0.1) is 0 Å². The molecule has 1 atom stereocenters. The van der Waals surface area contributed by atoms with Gasteiger partial charge in [0.2, 0.25) is 0 Å². The minimum absolute atomic E-state index is 0.209. The second kappa shape index (κ2) is 1.97. The summed E-state index contributed by atoms with van der Waals surface area (Å²) >= 11 is 0. The maximum atomic E-state index is 11.4. The number of nitrogens with zero attached hydrogens (tertiary/aromatic N) is 1. The summed E-state index contributed by atoms with van der Waals surface area (Å²) in [4.78, 5) is 11.4. The predicted molar refractivity (Wildman–Crippen MR) is 42.6 cm³/mol. The molecule has 1 heterocycles. The molecule has 58 valence electrons. The summed E-state index contributed by atoms with van der Waals surface area (Å²) in [7, 11) is 1.95. The van der Waals surface area contributed by atoms with Crippen LogP contribution in [0.25, 0.3) is 0 Å². The second-order valence-electron chi connectivity index (χ2n) is 3.33. The molecule has 2 nitrogen and oxygen atoms in total. The average molecular weight is 149 g/mol. The van der Waals surface area contributed by atoms with Gasteiger partial charge in [-0.3, -0.25) is 4.79 Å². The molecule has 0 aliphatic heterocycles. The number of hydrogen-bond acceptors (Lipinski definition) is 1. The van der Waals surface area contributed by atoms with E-state index in [0.717, 1.165) is 12.0 Å². The van der Waals surface area contributed by atoms with Crippen LogP contribution in [-0.2, 0) is 13.5 Å². The molecule has 0 saturated heterocycles. The van der Waals surface area contributed by atoms with Crippen molar-refractivity contribution in [2.45, 2.75) is 13.3 Å². The fourth-order valence-corrected chi connectivity index (χ4v) is 1.71. The number of Topliss-reactive ketones (excluding diaryl/α,β-unsaturated/α-hetero) is 1. The quantitative estimate of drug-likeness (QED) is 0.546. The van der Waals surface area contributed by atoms with Gasteiger partial charge in [0.15, 0.2) is 5.78 Å². The molecule has 1 unspecified atom stereocenters. The number of hydrogen-bond donors (Lipinski definition) is 0. The van der Waals surface area contributed by atoms with Gasteiger partial charge in [-0.2, -0.15) is 0 Å². The van der Waals surface area contributed by atoms with Gasteiger partial charge in [0.25, 0.3) is 0 Å². The third-order valence-corrected chi connectivity index (χ3v) is 2.28. The Morgan fingerprint density at radius 2 is 2.27 bits per heavy atom. The van der Waals surface area contributed by atoms with Gasteiger partial charge in [0.1, 0.15) is 0 Å². The first-order chi connectivity index (χ1) is 5.18. The number of carbonyl (C=O) groups is 1. The lowest BCUT2D eigenvalue weighted by atomic mass is 10.1. The Kier molecular flexibility index (Phi) is 1.19. The van der Waals surface area contributed by atoms with Crippen molar-refractivity contribution in [3.63, 3.8) is 0 Å². The highest BCUT2D eigenvalue weighted by atomic mass is 16.1. The summed E-state index contributed by atoms with van der Waals surface area (Å²) in [5, 5.41) is 0. The van der Waals surface area contributed by atoms with E-state index < -0.39 is 0 Å². The number of rotatable bonds is 0. The molecule has 1 aliphatic rings. The largest absolute Gasteiger partial charge is 0.356 e. The van der Waals surface area contributed by atoms with Gasteiger partial charge >= 0.3 is 0 Å². The number of carbonyl (C=O) groups excluding carboxylic acids is 1. The molecule has 0 spiro atoms. The molecule has 0 fully saturated rings. The number of ketones is 1. The van der Waals surface area contributed by atoms with E-state index in [4.69, 9.17) is 0 Å². The molecular weight excluding hydrogens is 138 g/mol. The third kappa shape index (κ3) is 0.821. The molecule has 11 heavy (non-hydrogen) atoms. The Morgan fingerprint density at radius 3 is 2.91 bits per heavy atom. The Hall–Kier alpha value is -1.05. The van der Waals surface area contributed by atoms with Gasteiger partial charge in [0.05, 0.1) is 0 Å². The van der Waals surface area contributed by atoms with Crippen molar-refractivity contribution in [3.05, 3.63) is 23.5 Å². The van der Waals surface area contributed by atoms with Crippen molar-refractivity contribution in [2.24, 2.45) is 13.0 Å². The topological polar surface area (TPSA) is 22.0 Å². The Bertz CT molecular complexity index is 311. The standard InChI is InChI=1S/C9H11NO/c1-6-3-7-4-10(2)5-8(7)9(6)11/h4-6H,3H2,1-2H3. The van der Waals surface area contributed by atoms with Gasteiger partial charge in [-0.05, 0) is 12.0 Å². The minimum atomic E-state index is 0.209. The van der Waals surface area contributed by atoms with Crippen LogP contribution in [-0.4, -0.2) is 10.4 Å². The van der Waals surface area contributed by atoms with Crippen molar-refractivity contribution in [3.8, 4) is 0 Å². The van der Waals surface area contributed by atoms with E-state index >= 15 is 0 Å². The lowest BCUT2D eigenvalue weighted by Gasteiger charge is -1.96. The van der Waals surface area contributed by atoms with Crippen LogP contribution in [0.3, 0.4) is 0 Å². The molecule has 2 heteroatoms. The molecule has 0 saturated carbocycles. The first-order valence-corrected chi connectivity index (χ1v) is 3.87. The SMILES string of the molecule is CC1Cc2cn(C)cc2C1=O. The van der Waals surface area contributed by atoms with Crippen LogP contribution < -0.4 is 0 Å². The molecule has 1 aromatic rings. The second-order valence-corrected chi connectivity index (χ2v) is 3.33. The monoisotopic (exact) mass is 149 g/mol. The third-order valence-electron chi connectivity index (χ3n) is 2.28. The highest BCUT2D eigenvalue weighted by Crippen LogP contribution is 2.26. The van der Waals surface area contributed by atoms with Crippen molar-refractivity contribution in [1.29, 1.82) is 0 Å². The zero-order valence-electron chi connectivity index (χ0n) is 6.79. The smallest absolute Gasteiger partial charge is 0.167 e. The lowest BCUT2D eigenvalue weighted by molar-refractivity contribution is 0.0945. The van der Waals surface area contributed by atoms with Crippen molar-refractivity contribution in [1.82, 2.24) is 4.57 Å². The summed E-state index contributed by atoms with van der Waals surface area (Å²) in [6.07, 6.45) is 4.88. The maximum Gasteiger partial charge on any atom is 0.167 e. The normalized spacial score (nSPS) is 22.4. The van der Waals surface area contributed by atoms with Crippen LogP contribution in [0.1, 0.15) is 22.8 Å². The number of aromatic nitrogens is 1. The predicted octanol–water partition coefficient (Wildman–Crippen LogP) is 1.40. The zero-order chi connectivity index (χ0) is 8.01. The Labute approximate surface area is 65.8 Å². The van der Waals surface area contributed by atoms with E-state index in [1.54, 1.807) is 0 Å². The first kappa shape index (κ1) is 6.65. The molecule has 2 rings (SSSR count). The summed E-state index contributed by atoms with van der Waals surface area (Å²) < 4.78 is 1.95. The molecule has 0 radical (unpaired) electrons. The van der Waals surface area contributed by atoms with Crippen LogP contribution >= 0.6 is 0 Å². The fourth-order valence-electron chi connectivity index (χ4n) is 1.71. The molecule has 0 bridgehead atoms. The Morgan fingerprint density at radius 1 is 1.55 bits per heavy atom. The van der Waals surface area contributed by atoms with Crippen molar-refractivity contribution in [2.75, 3.05) is 0 Å². The van der Waals surface area contributed by atoms with Crippen molar-refractivity contribution >= 4 is 5.78 Å². The number of aryl methyl sites for hydroxylation is 1. The van der Waals surface area contributed by atoms with Gasteiger partial charge in [0, 0.05) is 30.9 Å².